The van der Waals surface area contributed by atoms with Crippen LogP contribution in [0.15, 0.2) is 30.3 Å². The molecule has 0 bridgehead atoms. The molecule has 2 atom stereocenters. The molecule has 0 aliphatic carbocycles. The molecule has 0 aliphatic heterocycles. The van der Waals surface area contributed by atoms with Gasteiger partial charge in [-0.1, -0.05) is 173 Å². The molecular weight excluding hydrogens is 440 g/mol. The summed E-state index contributed by atoms with van der Waals surface area (Å²) in [4.78, 5) is 12.8. The average Bonchev–Trinajstić information content (AvgIpc) is 2.88. The number of carboxylic acid groups (broad SMARTS) is 1. The number of benzene rings is 1. The summed E-state index contributed by atoms with van der Waals surface area (Å²) in [6.45, 7) is 6.76. The van der Waals surface area contributed by atoms with E-state index in [0.29, 0.717) is 6.42 Å². The molecule has 0 heterocycles. The maximum absolute atomic E-state index is 12.8. The van der Waals surface area contributed by atoms with Crippen LogP contribution in [-0.4, -0.2) is 11.1 Å². The minimum absolute atomic E-state index is 0.207. The summed E-state index contributed by atoms with van der Waals surface area (Å²) in [5.74, 6) is -0.372. The Labute approximate surface area is 225 Å². The van der Waals surface area contributed by atoms with Gasteiger partial charge in [-0.15, -0.1) is 0 Å². The molecule has 0 amide bonds. The Balaban J connectivity index is 2.49. The summed E-state index contributed by atoms with van der Waals surface area (Å²) in [6.07, 6.45) is 27.3. The SMILES string of the molecule is CCCCCCCCCCCCCC(C)C(CCCCCCCCCC)(Cc1ccccc1)C(=O)O. The van der Waals surface area contributed by atoms with Gasteiger partial charge in [0.25, 0.3) is 0 Å². The van der Waals surface area contributed by atoms with Crippen molar-refractivity contribution in [1.82, 2.24) is 0 Å². The lowest BCUT2D eigenvalue weighted by Gasteiger charge is -2.36. The van der Waals surface area contributed by atoms with Gasteiger partial charge in [0.05, 0.1) is 5.41 Å². The minimum Gasteiger partial charge on any atom is -0.481 e. The van der Waals surface area contributed by atoms with Crippen LogP contribution in [0.5, 0.6) is 0 Å². The smallest absolute Gasteiger partial charge is 0.310 e. The van der Waals surface area contributed by atoms with Crippen LogP contribution in [0.1, 0.15) is 161 Å². The summed E-state index contributed by atoms with van der Waals surface area (Å²) in [7, 11) is 0. The van der Waals surface area contributed by atoms with E-state index in [1.54, 1.807) is 0 Å². The number of carbonyl (C=O) groups is 1. The van der Waals surface area contributed by atoms with Crippen molar-refractivity contribution in [3.8, 4) is 0 Å². The highest BCUT2D eigenvalue weighted by Gasteiger charge is 2.42. The summed E-state index contributed by atoms with van der Waals surface area (Å²) in [6, 6.07) is 10.3. The first-order chi connectivity index (χ1) is 17.6. The van der Waals surface area contributed by atoms with Gasteiger partial charge in [0, 0.05) is 0 Å². The molecule has 36 heavy (non-hydrogen) atoms. The first-order valence-corrected chi connectivity index (χ1v) is 15.8. The predicted octanol–water partition coefficient (Wildman–Crippen LogP) is 11.2. The van der Waals surface area contributed by atoms with Crippen molar-refractivity contribution in [2.45, 2.75) is 162 Å². The monoisotopic (exact) mass is 500 g/mol. The van der Waals surface area contributed by atoms with Gasteiger partial charge in [0.15, 0.2) is 0 Å². The van der Waals surface area contributed by atoms with Gasteiger partial charge in [-0.2, -0.15) is 0 Å². The zero-order valence-electron chi connectivity index (χ0n) is 24.4. The number of aliphatic carboxylic acids is 1. The highest BCUT2D eigenvalue weighted by Crippen LogP contribution is 2.40. The first-order valence-electron chi connectivity index (χ1n) is 15.8. The van der Waals surface area contributed by atoms with E-state index in [4.69, 9.17) is 0 Å². The lowest BCUT2D eigenvalue weighted by molar-refractivity contribution is -0.153. The minimum atomic E-state index is -0.637. The van der Waals surface area contributed by atoms with Crippen molar-refractivity contribution in [2.24, 2.45) is 11.3 Å². The molecule has 0 fully saturated rings. The topological polar surface area (TPSA) is 37.3 Å². The zero-order chi connectivity index (χ0) is 26.3. The number of rotatable bonds is 25. The second kappa shape index (κ2) is 21.7. The maximum Gasteiger partial charge on any atom is 0.310 e. The van der Waals surface area contributed by atoms with Crippen LogP contribution >= 0.6 is 0 Å². The molecule has 0 aliphatic rings. The molecular formula is C34H60O2. The van der Waals surface area contributed by atoms with Gasteiger partial charge >= 0.3 is 5.97 Å². The third kappa shape index (κ3) is 14.4. The first kappa shape index (κ1) is 32.7. The molecule has 1 aromatic rings. The standard InChI is InChI=1S/C34H60O2/c1-4-6-8-10-12-14-15-16-17-19-22-26-31(3)34(33(35)36,30-32-27-23-21-24-28-32)29-25-20-18-13-11-9-7-5-2/h21,23-24,27-28,31H,4-20,22,25-26,29-30H2,1-3H3,(H,35,36). The number of hydrogen-bond donors (Lipinski definition) is 1. The van der Waals surface area contributed by atoms with Gasteiger partial charge in [-0.05, 0) is 30.7 Å². The molecule has 2 nitrogen and oxygen atoms in total. The summed E-state index contributed by atoms with van der Waals surface area (Å²) < 4.78 is 0. The Bertz CT molecular complexity index is 625. The maximum atomic E-state index is 12.8. The van der Waals surface area contributed by atoms with Crippen LogP contribution in [0.3, 0.4) is 0 Å². The largest absolute Gasteiger partial charge is 0.481 e. The number of unbranched alkanes of at least 4 members (excludes halogenated alkanes) is 17. The molecule has 1 N–H and O–H groups in total. The molecule has 0 aromatic heterocycles. The van der Waals surface area contributed by atoms with Crippen LogP contribution < -0.4 is 0 Å². The lowest BCUT2D eigenvalue weighted by atomic mass is 9.67. The van der Waals surface area contributed by atoms with Crippen molar-refractivity contribution < 1.29 is 9.90 Å². The molecule has 1 rings (SSSR count). The van der Waals surface area contributed by atoms with E-state index in [1.165, 1.54) is 121 Å². The van der Waals surface area contributed by atoms with Crippen LogP contribution in [0.25, 0.3) is 0 Å². The molecule has 0 saturated carbocycles. The second-order valence-electron chi connectivity index (χ2n) is 11.6. The van der Waals surface area contributed by atoms with Crippen molar-refractivity contribution in [1.29, 1.82) is 0 Å². The molecule has 0 radical (unpaired) electrons. The van der Waals surface area contributed by atoms with Crippen LogP contribution in [-0.2, 0) is 11.2 Å². The van der Waals surface area contributed by atoms with E-state index in [2.05, 4.69) is 32.9 Å². The van der Waals surface area contributed by atoms with E-state index in [-0.39, 0.29) is 5.92 Å². The molecule has 2 heteroatoms. The third-order valence-electron chi connectivity index (χ3n) is 8.45. The van der Waals surface area contributed by atoms with Gasteiger partial charge < -0.3 is 5.11 Å². The Hall–Kier alpha value is -1.31. The fourth-order valence-corrected chi connectivity index (χ4v) is 5.83. The normalized spacial score (nSPS) is 14.0. The Morgan fingerprint density at radius 1 is 0.667 bits per heavy atom. The average molecular weight is 501 g/mol. The van der Waals surface area contributed by atoms with E-state index < -0.39 is 11.4 Å². The molecule has 2 unspecified atom stereocenters. The van der Waals surface area contributed by atoms with E-state index in [1.807, 2.05) is 18.2 Å². The van der Waals surface area contributed by atoms with Gasteiger partial charge in [-0.3, -0.25) is 4.79 Å². The Kier molecular flexibility index (Phi) is 19.8. The zero-order valence-corrected chi connectivity index (χ0v) is 24.4. The van der Waals surface area contributed by atoms with Crippen LogP contribution in [0, 0.1) is 11.3 Å². The van der Waals surface area contributed by atoms with Crippen molar-refractivity contribution >= 4 is 5.97 Å². The fourth-order valence-electron chi connectivity index (χ4n) is 5.83. The van der Waals surface area contributed by atoms with Crippen LogP contribution in [0.2, 0.25) is 0 Å². The van der Waals surface area contributed by atoms with Crippen molar-refractivity contribution in [2.75, 3.05) is 0 Å². The van der Waals surface area contributed by atoms with Gasteiger partial charge in [0.2, 0.25) is 0 Å². The summed E-state index contributed by atoms with van der Waals surface area (Å²) in [5, 5.41) is 10.5. The highest BCUT2D eigenvalue weighted by molar-refractivity contribution is 5.75. The van der Waals surface area contributed by atoms with E-state index in [0.717, 1.165) is 19.3 Å². The molecule has 208 valence electrons. The molecule has 1 aromatic carbocycles. The predicted molar refractivity (Wildman–Crippen MR) is 158 cm³/mol. The summed E-state index contributed by atoms with van der Waals surface area (Å²) in [5.41, 5.74) is 0.535. The van der Waals surface area contributed by atoms with E-state index >= 15 is 0 Å². The Morgan fingerprint density at radius 2 is 1.08 bits per heavy atom. The van der Waals surface area contributed by atoms with Crippen LogP contribution in [0.4, 0.5) is 0 Å². The van der Waals surface area contributed by atoms with Crippen molar-refractivity contribution in [3.63, 3.8) is 0 Å². The Morgan fingerprint density at radius 3 is 1.53 bits per heavy atom. The fraction of sp³-hybridized carbons (Fsp3) is 0.794. The van der Waals surface area contributed by atoms with Crippen molar-refractivity contribution in [3.05, 3.63) is 35.9 Å². The lowest BCUT2D eigenvalue weighted by Crippen LogP contribution is -2.40. The van der Waals surface area contributed by atoms with E-state index in [9.17, 15) is 9.90 Å². The number of carboxylic acids is 1. The third-order valence-corrected chi connectivity index (χ3v) is 8.45. The molecule has 0 spiro atoms. The highest BCUT2D eigenvalue weighted by atomic mass is 16.4. The number of hydrogen-bond acceptors (Lipinski definition) is 1. The van der Waals surface area contributed by atoms with Gasteiger partial charge in [0.1, 0.15) is 0 Å². The molecule has 0 saturated heterocycles. The summed E-state index contributed by atoms with van der Waals surface area (Å²) >= 11 is 0. The second-order valence-corrected chi connectivity index (χ2v) is 11.6. The van der Waals surface area contributed by atoms with Gasteiger partial charge in [-0.25, -0.2) is 0 Å². The quantitative estimate of drug-likeness (QED) is 0.135.